The van der Waals surface area contributed by atoms with Gasteiger partial charge in [0, 0.05) is 3.57 Å². The summed E-state index contributed by atoms with van der Waals surface area (Å²) in [5.41, 5.74) is 1.06. The molecule has 0 nitrogen and oxygen atoms in total. The van der Waals surface area contributed by atoms with Crippen LogP contribution < -0.4 is 0 Å². The zero-order valence-electron chi connectivity index (χ0n) is 6.57. The fourth-order valence-electron chi connectivity index (χ4n) is 0.871. The average molecular weight is 264 g/mol. The molecule has 1 aromatic rings. The van der Waals surface area contributed by atoms with E-state index in [0.29, 0.717) is 9.49 Å². The molecule has 0 aliphatic rings. The minimum atomic E-state index is -0.114. The van der Waals surface area contributed by atoms with Crippen LogP contribution in [0.2, 0.25) is 0 Å². The van der Waals surface area contributed by atoms with E-state index < -0.39 is 0 Å². The van der Waals surface area contributed by atoms with Crippen LogP contribution in [0.5, 0.6) is 0 Å². The van der Waals surface area contributed by atoms with Crippen molar-refractivity contribution in [2.24, 2.45) is 0 Å². The molecule has 0 atom stereocenters. The van der Waals surface area contributed by atoms with Crippen molar-refractivity contribution >= 4 is 22.6 Å². The third-order valence-electron chi connectivity index (χ3n) is 1.61. The summed E-state index contributed by atoms with van der Waals surface area (Å²) in [5, 5.41) is 0. The van der Waals surface area contributed by atoms with Gasteiger partial charge >= 0.3 is 0 Å². The first-order valence-corrected chi connectivity index (χ1v) is 4.64. The van der Waals surface area contributed by atoms with Crippen LogP contribution in [0.3, 0.4) is 0 Å². The van der Waals surface area contributed by atoms with Gasteiger partial charge in [0.1, 0.15) is 5.82 Å². The largest absolute Gasteiger partial charge is 0.206 e. The number of rotatable bonds is 1. The van der Waals surface area contributed by atoms with Crippen molar-refractivity contribution in [1.29, 1.82) is 0 Å². The van der Waals surface area contributed by atoms with E-state index in [0.717, 1.165) is 5.56 Å². The van der Waals surface area contributed by atoms with Gasteiger partial charge in [-0.15, -0.1) is 0 Å². The lowest BCUT2D eigenvalue weighted by atomic mass is 10.0. The van der Waals surface area contributed by atoms with Gasteiger partial charge in [0.15, 0.2) is 0 Å². The Kier molecular flexibility index (Phi) is 2.87. The van der Waals surface area contributed by atoms with Crippen molar-refractivity contribution < 1.29 is 4.39 Å². The normalized spacial score (nSPS) is 10.6. The van der Waals surface area contributed by atoms with E-state index in [9.17, 15) is 4.39 Å². The van der Waals surface area contributed by atoms with Crippen molar-refractivity contribution in [3.63, 3.8) is 0 Å². The second kappa shape index (κ2) is 3.52. The fourth-order valence-corrected chi connectivity index (χ4v) is 1.21. The van der Waals surface area contributed by atoms with Gasteiger partial charge in [-0.1, -0.05) is 19.9 Å². The quantitative estimate of drug-likeness (QED) is 0.680. The van der Waals surface area contributed by atoms with Gasteiger partial charge in [-0.2, -0.15) is 0 Å². The monoisotopic (exact) mass is 264 g/mol. The summed E-state index contributed by atoms with van der Waals surface area (Å²) in [7, 11) is 0. The summed E-state index contributed by atoms with van der Waals surface area (Å²) in [5.74, 6) is 0.290. The lowest BCUT2D eigenvalue weighted by Crippen LogP contribution is -1.89. The maximum atomic E-state index is 12.9. The Bertz CT molecular complexity index is 256. The van der Waals surface area contributed by atoms with Gasteiger partial charge in [0.05, 0.1) is 0 Å². The maximum absolute atomic E-state index is 12.9. The molecule has 1 aromatic carbocycles. The highest BCUT2D eigenvalue weighted by Gasteiger charge is 2.02. The third-order valence-corrected chi connectivity index (χ3v) is 2.49. The molecule has 0 amide bonds. The zero-order chi connectivity index (χ0) is 8.43. The zero-order valence-corrected chi connectivity index (χ0v) is 8.72. The molecule has 0 fully saturated rings. The first kappa shape index (κ1) is 8.97. The Labute approximate surface area is 80.0 Å². The fraction of sp³-hybridized carbons (Fsp3) is 0.333. The van der Waals surface area contributed by atoms with Gasteiger partial charge < -0.3 is 0 Å². The van der Waals surface area contributed by atoms with E-state index in [1.165, 1.54) is 0 Å². The summed E-state index contributed by atoms with van der Waals surface area (Å²) in [6, 6.07) is 5.38. The van der Waals surface area contributed by atoms with Crippen molar-refractivity contribution in [3.8, 4) is 0 Å². The first-order chi connectivity index (χ1) is 5.11. The average Bonchev–Trinajstić information content (AvgIpc) is 1.94. The minimum Gasteiger partial charge on any atom is -0.206 e. The Morgan fingerprint density at radius 2 is 2.00 bits per heavy atom. The molecule has 0 N–H and O–H groups in total. The molecule has 1 rings (SSSR count). The number of hydrogen-bond acceptors (Lipinski definition) is 0. The van der Waals surface area contributed by atoms with Crippen LogP contribution in [0.15, 0.2) is 18.2 Å². The summed E-state index contributed by atoms with van der Waals surface area (Å²) in [6.45, 7) is 4.11. The molecule has 0 unspecified atom stereocenters. The van der Waals surface area contributed by atoms with E-state index in [4.69, 9.17) is 0 Å². The summed E-state index contributed by atoms with van der Waals surface area (Å²) < 4.78 is 13.6. The van der Waals surface area contributed by atoms with Gasteiger partial charge in [-0.05, 0) is 46.2 Å². The number of halogens is 2. The van der Waals surface area contributed by atoms with Gasteiger partial charge in [-0.3, -0.25) is 0 Å². The standard InChI is InChI=1S/C9H10FI/c1-6(2)7-3-4-9(11)8(10)5-7/h3-6H,1-2H3. The summed E-state index contributed by atoms with van der Waals surface area (Å²) >= 11 is 1.99. The first-order valence-electron chi connectivity index (χ1n) is 3.56. The molecule has 0 saturated heterocycles. The third kappa shape index (κ3) is 2.15. The second-order valence-electron chi connectivity index (χ2n) is 2.83. The SMILES string of the molecule is CC(C)c1ccc(I)c(F)c1. The minimum absolute atomic E-state index is 0.114. The molecule has 0 aliphatic carbocycles. The van der Waals surface area contributed by atoms with Crippen molar-refractivity contribution in [3.05, 3.63) is 33.1 Å². The molecule has 0 spiro atoms. The molecular formula is C9H10FI. The maximum Gasteiger partial charge on any atom is 0.136 e. The molecule has 2 heteroatoms. The van der Waals surface area contributed by atoms with Crippen LogP contribution in [0.25, 0.3) is 0 Å². The molecule has 0 radical (unpaired) electrons. The Morgan fingerprint density at radius 3 is 2.45 bits per heavy atom. The molecule has 60 valence electrons. The highest BCUT2D eigenvalue weighted by Crippen LogP contribution is 2.18. The Morgan fingerprint density at radius 1 is 1.36 bits per heavy atom. The molecular weight excluding hydrogens is 254 g/mol. The molecule has 0 aliphatic heterocycles. The molecule has 0 saturated carbocycles. The Balaban J connectivity index is 3.05. The predicted octanol–water partition coefficient (Wildman–Crippen LogP) is 3.55. The molecule has 0 bridgehead atoms. The molecule has 0 heterocycles. The van der Waals surface area contributed by atoms with Crippen molar-refractivity contribution in [2.45, 2.75) is 19.8 Å². The number of benzene rings is 1. The van der Waals surface area contributed by atoms with E-state index in [1.807, 2.05) is 34.7 Å². The lowest BCUT2D eigenvalue weighted by Gasteiger charge is -2.04. The van der Waals surface area contributed by atoms with E-state index in [1.54, 1.807) is 6.07 Å². The highest BCUT2D eigenvalue weighted by molar-refractivity contribution is 14.1. The van der Waals surface area contributed by atoms with Gasteiger partial charge in [0.25, 0.3) is 0 Å². The van der Waals surface area contributed by atoms with Crippen LogP contribution in [0.1, 0.15) is 25.3 Å². The summed E-state index contributed by atoms with van der Waals surface area (Å²) in [4.78, 5) is 0. The van der Waals surface area contributed by atoms with Crippen LogP contribution in [0, 0.1) is 9.39 Å². The van der Waals surface area contributed by atoms with Crippen LogP contribution in [-0.4, -0.2) is 0 Å². The predicted molar refractivity (Wildman–Crippen MR) is 53.2 cm³/mol. The van der Waals surface area contributed by atoms with Crippen molar-refractivity contribution in [2.75, 3.05) is 0 Å². The number of hydrogen-bond donors (Lipinski definition) is 0. The second-order valence-corrected chi connectivity index (χ2v) is 3.99. The highest BCUT2D eigenvalue weighted by atomic mass is 127. The Hall–Kier alpha value is -0.120. The van der Waals surface area contributed by atoms with Crippen molar-refractivity contribution in [1.82, 2.24) is 0 Å². The van der Waals surface area contributed by atoms with E-state index >= 15 is 0 Å². The lowest BCUT2D eigenvalue weighted by molar-refractivity contribution is 0.616. The molecule has 0 aromatic heterocycles. The van der Waals surface area contributed by atoms with Crippen LogP contribution in [0.4, 0.5) is 4.39 Å². The van der Waals surface area contributed by atoms with Gasteiger partial charge in [-0.25, -0.2) is 4.39 Å². The topological polar surface area (TPSA) is 0 Å². The van der Waals surface area contributed by atoms with E-state index in [2.05, 4.69) is 13.8 Å². The smallest absolute Gasteiger partial charge is 0.136 e. The van der Waals surface area contributed by atoms with Gasteiger partial charge in [0.2, 0.25) is 0 Å². The summed E-state index contributed by atoms with van der Waals surface area (Å²) in [6.07, 6.45) is 0. The van der Waals surface area contributed by atoms with Crippen LogP contribution in [-0.2, 0) is 0 Å². The van der Waals surface area contributed by atoms with Crippen LogP contribution >= 0.6 is 22.6 Å². The molecule has 11 heavy (non-hydrogen) atoms. The van der Waals surface area contributed by atoms with E-state index in [-0.39, 0.29) is 5.82 Å².